The Morgan fingerprint density at radius 3 is 2.00 bits per heavy atom. The van der Waals surface area contributed by atoms with E-state index in [2.05, 4.69) is 0 Å². The smallest absolute Gasteiger partial charge is 0.118 e. The highest BCUT2D eigenvalue weighted by molar-refractivity contribution is 5.75. The molecule has 0 saturated heterocycles. The third-order valence-electron chi connectivity index (χ3n) is 0.979. The molecule has 1 aromatic rings. The summed E-state index contributed by atoms with van der Waals surface area (Å²) in [5.74, 6) is 0.910. The summed E-state index contributed by atoms with van der Waals surface area (Å²) in [5, 5.41) is 0. The van der Waals surface area contributed by atoms with Crippen LogP contribution < -0.4 is 4.74 Å². The van der Waals surface area contributed by atoms with Crippen LogP contribution >= 0.6 is 0 Å². The molecule has 1 nitrogen and oxygen atoms in total. The molecule has 1 rings (SSSR count). The van der Waals surface area contributed by atoms with Gasteiger partial charge in [0.05, 0.1) is 7.11 Å². The second-order valence-corrected chi connectivity index (χ2v) is 1.52. The molecular weight excluding hydrogens is 128 g/mol. The summed E-state index contributed by atoms with van der Waals surface area (Å²) in [6, 6.07) is 9.68. The monoisotopic (exact) mass is 140 g/mol. The highest BCUT2D eigenvalue weighted by Crippen LogP contribution is 2.05. The molecule has 9 heavy (non-hydrogen) atoms. The van der Waals surface area contributed by atoms with Crippen LogP contribution in [0, 0.1) is 0 Å². The lowest BCUT2D eigenvalue weighted by atomic mass is 10.3. The SMILES string of the molecule is COc1ccccc1.[SiH4]. The van der Waals surface area contributed by atoms with E-state index in [4.69, 9.17) is 4.74 Å². The van der Waals surface area contributed by atoms with Gasteiger partial charge in [0.25, 0.3) is 0 Å². The highest BCUT2D eigenvalue weighted by atomic mass is 28.1. The fourth-order valence-corrected chi connectivity index (χ4v) is 0.557. The molecule has 0 unspecified atom stereocenters. The molecule has 50 valence electrons. The van der Waals surface area contributed by atoms with Crippen molar-refractivity contribution in [2.24, 2.45) is 0 Å². The maximum Gasteiger partial charge on any atom is 0.118 e. The highest BCUT2D eigenvalue weighted by Gasteiger charge is 1.80. The van der Waals surface area contributed by atoms with Crippen molar-refractivity contribution in [1.82, 2.24) is 0 Å². The van der Waals surface area contributed by atoms with Gasteiger partial charge >= 0.3 is 0 Å². The average Bonchev–Trinajstić information content (AvgIpc) is 1.90. The summed E-state index contributed by atoms with van der Waals surface area (Å²) < 4.78 is 4.91. The van der Waals surface area contributed by atoms with E-state index < -0.39 is 0 Å². The summed E-state index contributed by atoms with van der Waals surface area (Å²) in [6.07, 6.45) is 0. The number of methoxy groups -OCH3 is 1. The van der Waals surface area contributed by atoms with Crippen molar-refractivity contribution in [2.45, 2.75) is 0 Å². The van der Waals surface area contributed by atoms with Crippen molar-refractivity contribution in [3.63, 3.8) is 0 Å². The first kappa shape index (κ1) is 8.24. The molecule has 0 aliphatic carbocycles. The number of hydrogen-bond acceptors (Lipinski definition) is 1. The molecule has 0 heterocycles. The molecule has 0 N–H and O–H groups in total. The van der Waals surface area contributed by atoms with Gasteiger partial charge in [0, 0.05) is 0 Å². The third-order valence-corrected chi connectivity index (χ3v) is 0.979. The second kappa shape index (κ2) is 4.15. The van der Waals surface area contributed by atoms with Gasteiger partial charge in [-0.25, -0.2) is 0 Å². The predicted molar refractivity (Wildman–Crippen MR) is 44.3 cm³/mol. The number of rotatable bonds is 1. The van der Waals surface area contributed by atoms with Crippen LogP contribution in [0.2, 0.25) is 0 Å². The first-order valence-corrected chi connectivity index (χ1v) is 2.52. The van der Waals surface area contributed by atoms with Crippen LogP contribution in [0.25, 0.3) is 0 Å². The van der Waals surface area contributed by atoms with Crippen molar-refractivity contribution < 1.29 is 4.74 Å². The number of ether oxygens (including phenoxy) is 1. The Hall–Kier alpha value is -0.763. The fraction of sp³-hybridized carbons (Fsp3) is 0.143. The molecule has 1 aromatic carbocycles. The molecule has 0 spiro atoms. The van der Waals surface area contributed by atoms with Gasteiger partial charge in [-0.2, -0.15) is 0 Å². The molecule has 0 amide bonds. The van der Waals surface area contributed by atoms with Gasteiger partial charge in [-0.3, -0.25) is 0 Å². The lowest BCUT2D eigenvalue weighted by Gasteiger charge is -1.93. The molecule has 0 radical (unpaired) electrons. The topological polar surface area (TPSA) is 9.23 Å². The normalized spacial score (nSPS) is 7.67. The molecule has 0 aliphatic rings. The largest absolute Gasteiger partial charge is 0.497 e. The summed E-state index contributed by atoms with van der Waals surface area (Å²) >= 11 is 0. The summed E-state index contributed by atoms with van der Waals surface area (Å²) in [6.45, 7) is 0. The molecule has 0 aliphatic heterocycles. The van der Waals surface area contributed by atoms with Gasteiger partial charge in [0.2, 0.25) is 0 Å². The van der Waals surface area contributed by atoms with E-state index in [9.17, 15) is 0 Å². The van der Waals surface area contributed by atoms with Crippen LogP contribution in [0.5, 0.6) is 5.75 Å². The molecule has 2 heteroatoms. The molecule has 0 bridgehead atoms. The molecule has 0 saturated carbocycles. The van der Waals surface area contributed by atoms with E-state index >= 15 is 0 Å². The van der Waals surface area contributed by atoms with Gasteiger partial charge in [-0.15, -0.1) is 0 Å². The summed E-state index contributed by atoms with van der Waals surface area (Å²) in [5.41, 5.74) is 0. The molecular formula is C7H12OSi. The Morgan fingerprint density at radius 2 is 1.67 bits per heavy atom. The number of para-hydroxylation sites is 1. The standard InChI is InChI=1S/C7H8O.H4Si/c1-8-7-5-3-2-4-6-7;/h2-6H,1H3;1H4. The minimum absolute atomic E-state index is 0. The summed E-state index contributed by atoms with van der Waals surface area (Å²) in [4.78, 5) is 0. The van der Waals surface area contributed by atoms with E-state index in [1.165, 1.54) is 0 Å². The van der Waals surface area contributed by atoms with Crippen molar-refractivity contribution in [3.05, 3.63) is 30.3 Å². The third kappa shape index (κ3) is 2.33. The Balaban J connectivity index is 0.000000640. The second-order valence-electron chi connectivity index (χ2n) is 1.52. The van der Waals surface area contributed by atoms with Crippen LogP contribution in [-0.2, 0) is 0 Å². The Kier molecular flexibility index (Phi) is 3.80. The zero-order valence-electron chi connectivity index (χ0n) is 4.79. The van der Waals surface area contributed by atoms with Gasteiger partial charge in [0.15, 0.2) is 0 Å². The van der Waals surface area contributed by atoms with Crippen molar-refractivity contribution >= 4 is 11.0 Å². The van der Waals surface area contributed by atoms with Crippen LogP contribution in [0.15, 0.2) is 30.3 Å². The zero-order chi connectivity index (χ0) is 5.82. The van der Waals surface area contributed by atoms with E-state index in [0.29, 0.717) is 0 Å². The Labute approximate surface area is 59.7 Å². The predicted octanol–water partition coefficient (Wildman–Crippen LogP) is 0.244. The van der Waals surface area contributed by atoms with Crippen molar-refractivity contribution in [3.8, 4) is 5.75 Å². The maximum atomic E-state index is 4.91. The molecule has 0 aromatic heterocycles. The van der Waals surface area contributed by atoms with E-state index in [0.717, 1.165) is 5.75 Å². The first-order chi connectivity index (χ1) is 3.93. The zero-order valence-corrected chi connectivity index (χ0v) is 4.79. The van der Waals surface area contributed by atoms with Crippen molar-refractivity contribution in [2.75, 3.05) is 7.11 Å². The van der Waals surface area contributed by atoms with Crippen LogP contribution in [-0.4, -0.2) is 18.1 Å². The fourth-order valence-electron chi connectivity index (χ4n) is 0.557. The van der Waals surface area contributed by atoms with E-state index in [1.54, 1.807) is 7.11 Å². The minimum atomic E-state index is 0. The lowest BCUT2D eigenvalue weighted by Crippen LogP contribution is -1.78. The maximum absolute atomic E-state index is 4.91. The lowest BCUT2D eigenvalue weighted by molar-refractivity contribution is 0.415. The quantitative estimate of drug-likeness (QED) is 0.508. The Bertz CT molecular complexity index is 150. The van der Waals surface area contributed by atoms with Gasteiger partial charge in [-0.1, -0.05) is 18.2 Å². The molecule has 0 fully saturated rings. The van der Waals surface area contributed by atoms with E-state index in [1.807, 2.05) is 30.3 Å². The van der Waals surface area contributed by atoms with E-state index in [-0.39, 0.29) is 11.0 Å². The van der Waals surface area contributed by atoms with Crippen LogP contribution in [0.1, 0.15) is 0 Å². The van der Waals surface area contributed by atoms with Gasteiger partial charge < -0.3 is 4.74 Å². The molecule has 0 atom stereocenters. The summed E-state index contributed by atoms with van der Waals surface area (Å²) in [7, 11) is 1.66. The van der Waals surface area contributed by atoms with Crippen LogP contribution in [0.4, 0.5) is 0 Å². The number of hydrogen-bond donors (Lipinski definition) is 0. The van der Waals surface area contributed by atoms with Gasteiger partial charge in [-0.05, 0) is 23.1 Å². The first-order valence-electron chi connectivity index (χ1n) is 2.52. The van der Waals surface area contributed by atoms with Crippen LogP contribution in [0.3, 0.4) is 0 Å². The number of benzene rings is 1. The average molecular weight is 140 g/mol. The Morgan fingerprint density at radius 1 is 1.11 bits per heavy atom. The van der Waals surface area contributed by atoms with Crippen molar-refractivity contribution in [1.29, 1.82) is 0 Å². The minimum Gasteiger partial charge on any atom is -0.497 e. The van der Waals surface area contributed by atoms with Gasteiger partial charge in [0.1, 0.15) is 5.75 Å².